The predicted octanol–water partition coefficient (Wildman–Crippen LogP) is 1.91. The van der Waals surface area contributed by atoms with Gasteiger partial charge in [0.05, 0.1) is 30.6 Å². The van der Waals surface area contributed by atoms with Crippen molar-refractivity contribution in [3.63, 3.8) is 0 Å². The molecule has 3 fully saturated rings. The van der Waals surface area contributed by atoms with Crippen molar-refractivity contribution in [2.75, 3.05) is 4.90 Å². The molecule has 0 saturated carbocycles. The fraction of sp³-hybridized carbons (Fsp3) is 0.421. The van der Waals surface area contributed by atoms with Crippen molar-refractivity contribution in [1.29, 1.82) is 0 Å². The van der Waals surface area contributed by atoms with Gasteiger partial charge in [0.1, 0.15) is 0 Å². The van der Waals surface area contributed by atoms with E-state index in [2.05, 4.69) is 24.2 Å². The molecule has 6 heteroatoms. The van der Waals surface area contributed by atoms with Crippen LogP contribution in [0.2, 0.25) is 0 Å². The molecule has 0 spiro atoms. The van der Waals surface area contributed by atoms with Gasteiger partial charge in [-0.1, -0.05) is 29.8 Å². The van der Waals surface area contributed by atoms with Crippen molar-refractivity contribution in [3.8, 4) is 0 Å². The van der Waals surface area contributed by atoms with Gasteiger partial charge in [-0.05, 0) is 25.3 Å². The molecule has 2 bridgehead atoms. The molecular formula is C19H19N3O3. The molecule has 0 unspecified atom stereocenters. The fourth-order valence-electron chi connectivity index (χ4n) is 4.49. The minimum atomic E-state index is -0.312. The van der Waals surface area contributed by atoms with Crippen molar-refractivity contribution in [3.05, 3.63) is 47.7 Å². The Kier molecular flexibility index (Phi) is 3.12. The third-order valence-electron chi connectivity index (χ3n) is 5.57. The van der Waals surface area contributed by atoms with Crippen LogP contribution in [-0.2, 0) is 20.9 Å². The molecule has 2 amide bonds. The van der Waals surface area contributed by atoms with E-state index in [0.29, 0.717) is 12.4 Å². The van der Waals surface area contributed by atoms with E-state index in [0.717, 1.165) is 18.4 Å². The topological polar surface area (TPSA) is 64.4 Å². The molecular weight excluding hydrogens is 318 g/mol. The molecule has 3 aliphatic rings. The minimum Gasteiger partial charge on any atom is -0.373 e. The summed E-state index contributed by atoms with van der Waals surface area (Å²) >= 11 is 0. The molecule has 5 rings (SSSR count). The summed E-state index contributed by atoms with van der Waals surface area (Å²) in [5, 5.41) is 4.48. The van der Waals surface area contributed by atoms with Crippen LogP contribution in [0.15, 0.2) is 36.5 Å². The summed E-state index contributed by atoms with van der Waals surface area (Å²) in [6, 6.07) is 9.95. The molecule has 0 aliphatic carbocycles. The Morgan fingerprint density at radius 2 is 1.84 bits per heavy atom. The minimum absolute atomic E-state index is 0.0918. The van der Waals surface area contributed by atoms with E-state index in [-0.39, 0.29) is 35.9 Å². The molecule has 3 aliphatic heterocycles. The fourth-order valence-corrected chi connectivity index (χ4v) is 4.49. The smallest absolute Gasteiger partial charge is 0.241 e. The lowest BCUT2D eigenvalue weighted by molar-refractivity contribution is -0.124. The van der Waals surface area contributed by atoms with Crippen LogP contribution in [-0.4, -0.2) is 33.8 Å². The van der Waals surface area contributed by atoms with Gasteiger partial charge in [-0.25, -0.2) is 4.90 Å². The Balaban J connectivity index is 1.40. The van der Waals surface area contributed by atoms with Gasteiger partial charge in [-0.15, -0.1) is 0 Å². The molecule has 2 aromatic rings. The number of amides is 2. The first-order valence-electron chi connectivity index (χ1n) is 8.74. The molecule has 6 nitrogen and oxygen atoms in total. The van der Waals surface area contributed by atoms with Gasteiger partial charge in [-0.2, -0.15) is 5.10 Å². The number of imide groups is 1. The van der Waals surface area contributed by atoms with Crippen LogP contribution in [0.25, 0.3) is 0 Å². The van der Waals surface area contributed by atoms with Crippen molar-refractivity contribution in [1.82, 2.24) is 9.78 Å². The van der Waals surface area contributed by atoms with Crippen molar-refractivity contribution >= 4 is 17.6 Å². The molecule has 128 valence electrons. The number of ether oxygens (including phenoxy) is 1. The van der Waals surface area contributed by atoms with E-state index in [1.807, 2.05) is 18.3 Å². The second kappa shape index (κ2) is 5.26. The van der Waals surface area contributed by atoms with Crippen molar-refractivity contribution in [2.24, 2.45) is 11.8 Å². The number of aromatic nitrogens is 2. The Morgan fingerprint density at radius 3 is 2.52 bits per heavy atom. The molecule has 0 N–H and O–H groups in total. The van der Waals surface area contributed by atoms with Gasteiger partial charge in [0.2, 0.25) is 11.8 Å². The molecule has 4 atom stereocenters. The zero-order chi connectivity index (χ0) is 17.1. The van der Waals surface area contributed by atoms with Crippen LogP contribution < -0.4 is 4.90 Å². The standard InChI is InChI=1S/C19H19N3O3/c1-11-3-2-4-12(9-11)10-21-8-7-15(20-21)22-18(23)16-13-5-6-14(25-13)17(16)19(22)24/h2-4,7-9,13-14,16-17H,5-6,10H2,1H3/t13-,14+,16-,17-/m0/s1. The highest BCUT2D eigenvalue weighted by Gasteiger charge is 2.63. The van der Waals surface area contributed by atoms with E-state index < -0.39 is 0 Å². The van der Waals surface area contributed by atoms with Gasteiger partial charge < -0.3 is 4.74 Å². The highest BCUT2D eigenvalue weighted by molar-refractivity contribution is 6.22. The number of nitrogens with zero attached hydrogens (tertiary/aromatic N) is 3. The third-order valence-corrected chi connectivity index (χ3v) is 5.57. The first kappa shape index (κ1) is 14.8. The lowest BCUT2D eigenvalue weighted by Crippen LogP contribution is -2.34. The summed E-state index contributed by atoms with van der Waals surface area (Å²) < 4.78 is 7.53. The number of aryl methyl sites for hydroxylation is 1. The maximum atomic E-state index is 12.8. The number of benzene rings is 1. The monoisotopic (exact) mass is 337 g/mol. The normalized spacial score (nSPS) is 30.4. The first-order chi connectivity index (χ1) is 12.1. The third kappa shape index (κ3) is 2.17. The van der Waals surface area contributed by atoms with Crippen molar-refractivity contribution < 1.29 is 14.3 Å². The maximum Gasteiger partial charge on any atom is 0.241 e. The summed E-state index contributed by atoms with van der Waals surface area (Å²) in [6.45, 7) is 2.66. The molecule has 3 saturated heterocycles. The maximum absolute atomic E-state index is 12.8. The Labute approximate surface area is 145 Å². The highest BCUT2D eigenvalue weighted by Crippen LogP contribution is 2.49. The Bertz CT molecular complexity index is 846. The Morgan fingerprint density at radius 1 is 1.12 bits per heavy atom. The number of anilines is 1. The molecule has 25 heavy (non-hydrogen) atoms. The Hall–Kier alpha value is -2.47. The van der Waals surface area contributed by atoms with Crippen LogP contribution in [0.3, 0.4) is 0 Å². The second-order valence-corrected chi connectivity index (χ2v) is 7.21. The number of carbonyl (C=O) groups excluding carboxylic acids is 2. The average Bonchev–Trinajstić information content (AvgIpc) is 3.33. The van der Waals surface area contributed by atoms with Gasteiger partial charge in [0.25, 0.3) is 0 Å². The van der Waals surface area contributed by atoms with E-state index in [4.69, 9.17) is 4.74 Å². The summed E-state index contributed by atoms with van der Waals surface area (Å²) in [7, 11) is 0. The largest absolute Gasteiger partial charge is 0.373 e. The zero-order valence-electron chi connectivity index (χ0n) is 14.0. The summed E-state index contributed by atoms with van der Waals surface area (Å²) in [4.78, 5) is 26.8. The van der Waals surface area contributed by atoms with E-state index in [9.17, 15) is 9.59 Å². The number of hydrogen-bond donors (Lipinski definition) is 0. The van der Waals surface area contributed by atoms with Gasteiger partial charge in [0, 0.05) is 12.3 Å². The van der Waals surface area contributed by atoms with Crippen molar-refractivity contribution in [2.45, 2.75) is 38.5 Å². The number of fused-ring (bicyclic) bond motifs is 5. The van der Waals surface area contributed by atoms with E-state index in [1.165, 1.54) is 10.5 Å². The van der Waals surface area contributed by atoms with E-state index in [1.54, 1.807) is 10.7 Å². The van der Waals surface area contributed by atoms with Crippen LogP contribution in [0.4, 0.5) is 5.82 Å². The van der Waals surface area contributed by atoms with Gasteiger partial charge >= 0.3 is 0 Å². The van der Waals surface area contributed by atoms with Gasteiger partial charge in [0.15, 0.2) is 5.82 Å². The lowest BCUT2D eigenvalue weighted by atomic mass is 9.81. The first-order valence-corrected chi connectivity index (χ1v) is 8.74. The molecule has 0 radical (unpaired) electrons. The van der Waals surface area contributed by atoms with Crippen LogP contribution in [0.5, 0.6) is 0 Å². The number of carbonyl (C=O) groups is 2. The van der Waals surface area contributed by atoms with E-state index >= 15 is 0 Å². The molecule has 4 heterocycles. The summed E-state index contributed by atoms with van der Waals surface area (Å²) in [5.41, 5.74) is 2.33. The van der Waals surface area contributed by atoms with Crippen LogP contribution in [0, 0.1) is 18.8 Å². The predicted molar refractivity (Wildman–Crippen MR) is 89.9 cm³/mol. The number of hydrogen-bond acceptors (Lipinski definition) is 4. The number of rotatable bonds is 3. The van der Waals surface area contributed by atoms with Crippen LogP contribution >= 0.6 is 0 Å². The highest BCUT2D eigenvalue weighted by atomic mass is 16.5. The lowest BCUT2D eigenvalue weighted by Gasteiger charge is -2.15. The average molecular weight is 337 g/mol. The molecule has 1 aromatic carbocycles. The quantitative estimate of drug-likeness (QED) is 0.803. The summed E-state index contributed by atoms with van der Waals surface area (Å²) in [5.74, 6) is -0.496. The second-order valence-electron chi connectivity index (χ2n) is 7.21. The molecule has 1 aromatic heterocycles. The van der Waals surface area contributed by atoms with Crippen LogP contribution in [0.1, 0.15) is 24.0 Å². The summed E-state index contributed by atoms with van der Waals surface area (Å²) in [6.07, 6.45) is 3.38. The SMILES string of the molecule is Cc1cccc(Cn2ccc(N3C(=O)[C@@H]4[C@@H](C3=O)[C@H]3CC[C@@H]4O3)n2)c1. The zero-order valence-corrected chi connectivity index (χ0v) is 14.0. The van der Waals surface area contributed by atoms with Gasteiger partial charge in [-0.3, -0.25) is 14.3 Å².